The molecule has 4 nitrogen and oxygen atoms in total. The number of carbonyl (C=O) groups is 1. The van der Waals surface area contributed by atoms with Gasteiger partial charge in [0.05, 0.1) is 23.9 Å². The Labute approximate surface area is 118 Å². The van der Waals surface area contributed by atoms with Gasteiger partial charge in [-0.15, -0.1) is 0 Å². The SMILES string of the molecule is CCCNc1c(F)cccc1C(=O)N1CCCC1CO. The minimum Gasteiger partial charge on any atom is -0.394 e. The topological polar surface area (TPSA) is 52.6 Å². The fourth-order valence-electron chi connectivity index (χ4n) is 2.58. The first kappa shape index (κ1) is 14.8. The van der Waals surface area contributed by atoms with E-state index in [2.05, 4.69) is 5.32 Å². The number of aliphatic hydroxyl groups is 1. The Hall–Kier alpha value is -1.62. The lowest BCUT2D eigenvalue weighted by molar-refractivity contribution is 0.0678. The van der Waals surface area contributed by atoms with Crippen LogP contribution in [0.3, 0.4) is 0 Å². The Morgan fingerprint density at radius 1 is 1.55 bits per heavy atom. The summed E-state index contributed by atoms with van der Waals surface area (Å²) in [5.41, 5.74) is 0.613. The molecule has 0 bridgehead atoms. The molecule has 20 heavy (non-hydrogen) atoms. The fourth-order valence-corrected chi connectivity index (χ4v) is 2.58. The third kappa shape index (κ3) is 2.93. The highest BCUT2D eigenvalue weighted by Crippen LogP contribution is 2.25. The second kappa shape index (κ2) is 6.70. The molecule has 110 valence electrons. The molecule has 0 aromatic heterocycles. The van der Waals surface area contributed by atoms with Gasteiger partial charge in [-0.1, -0.05) is 13.0 Å². The monoisotopic (exact) mass is 280 g/mol. The van der Waals surface area contributed by atoms with E-state index in [1.807, 2.05) is 6.92 Å². The first-order chi connectivity index (χ1) is 9.69. The van der Waals surface area contributed by atoms with E-state index >= 15 is 0 Å². The Balaban J connectivity index is 2.27. The van der Waals surface area contributed by atoms with Gasteiger partial charge in [-0.05, 0) is 31.4 Å². The molecule has 2 rings (SSSR count). The number of hydrogen-bond donors (Lipinski definition) is 2. The number of amides is 1. The number of anilines is 1. The highest BCUT2D eigenvalue weighted by molar-refractivity contribution is 6.00. The minimum absolute atomic E-state index is 0.0429. The lowest BCUT2D eigenvalue weighted by Crippen LogP contribution is -2.38. The van der Waals surface area contributed by atoms with Crippen LogP contribution in [0, 0.1) is 5.82 Å². The van der Waals surface area contributed by atoms with Crippen molar-refractivity contribution >= 4 is 11.6 Å². The van der Waals surface area contributed by atoms with E-state index in [0.717, 1.165) is 19.3 Å². The number of halogens is 1. The number of nitrogens with zero attached hydrogens (tertiary/aromatic N) is 1. The Kier molecular flexibility index (Phi) is 4.95. The Morgan fingerprint density at radius 2 is 2.35 bits per heavy atom. The lowest BCUT2D eigenvalue weighted by atomic mass is 10.1. The summed E-state index contributed by atoms with van der Waals surface area (Å²) in [5.74, 6) is -0.622. The molecule has 1 atom stereocenters. The van der Waals surface area contributed by atoms with Crippen LogP contribution in [-0.2, 0) is 0 Å². The molecule has 0 aliphatic carbocycles. The molecule has 1 aromatic rings. The summed E-state index contributed by atoms with van der Waals surface area (Å²) in [6, 6.07) is 4.38. The molecule has 1 aliphatic heterocycles. The van der Waals surface area contributed by atoms with Gasteiger partial charge >= 0.3 is 0 Å². The number of aliphatic hydroxyl groups excluding tert-OH is 1. The van der Waals surface area contributed by atoms with Crippen LogP contribution in [-0.4, -0.2) is 41.7 Å². The van der Waals surface area contributed by atoms with Gasteiger partial charge < -0.3 is 15.3 Å². The zero-order valence-electron chi connectivity index (χ0n) is 11.7. The van der Waals surface area contributed by atoms with Crippen molar-refractivity contribution in [2.45, 2.75) is 32.2 Å². The van der Waals surface area contributed by atoms with Gasteiger partial charge in [-0.25, -0.2) is 4.39 Å². The largest absolute Gasteiger partial charge is 0.394 e. The van der Waals surface area contributed by atoms with Crippen LogP contribution in [0.5, 0.6) is 0 Å². The smallest absolute Gasteiger partial charge is 0.256 e. The highest BCUT2D eigenvalue weighted by Gasteiger charge is 2.30. The molecule has 1 fully saturated rings. The number of nitrogens with one attached hydrogen (secondary N) is 1. The van der Waals surface area contributed by atoms with E-state index in [1.54, 1.807) is 17.0 Å². The molecule has 1 aliphatic rings. The van der Waals surface area contributed by atoms with Crippen molar-refractivity contribution in [1.82, 2.24) is 4.90 Å². The normalized spacial score (nSPS) is 18.4. The maximum absolute atomic E-state index is 13.9. The zero-order chi connectivity index (χ0) is 14.5. The van der Waals surface area contributed by atoms with Crippen LogP contribution in [0.15, 0.2) is 18.2 Å². The van der Waals surface area contributed by atoms with Gasteiger partial charge in [0.2, 0.25) is 0 Å². The van der Waals surface area contributed by atoms with Crippen molar-refractivity contribution in [2.24, 2.45) is 0 Å². The van der Waals surface area contributed by atoms with Crippen LogP contribution in [0.1, 0.15) is 36.5 Å². The highest BCUT2D eigenvalue weighted by atomic mass is 19.1. The molecule has 1 aromatic carbocycles. The number of benzene rings is 1. The maximum atomic E-state index is 13.9. The van der Waals surface area contributed by atoms with Gasteiger partial charge in [-0.3, -0.25) is 4.79 Å². The van der Waals surface area contributed by atoms with Crippen molar-refractivity contribution in [2.75, 3.05) is 25.0 Å². The summed E-state index contributed by atoms with van der Waals surface area (Å²) >= 11 is 0. The summed E-state index contributed by atoms with van der Waals surface area (Å²) < 4.78 is 13.9. The molecule has 2 N–H and O–H groups in total. The number of likely N-dealkylation sites (tertiary alicyclic amines) is 1. The summed E-state index contributed by atoms with van der Waals surface area (Å²) in [6.45, 7) is 3.18. The van der Waals surface area contributed by atoms with E-state index in [4.69, 9.17) is 0 Å². The molecule has 0 spiro atoms. The maximum Gasteiger partial charge on any atom is 0.256 e. The quantitative estimate of drug-likeness (QED) is 0.869. The van der Waals surface area contributed by atoms with Crippen LogP contribution >= 0.6 is 0 Å². The molecule has 0 saturated carbocycles. The van der Waals surface area contributed by atoms with Crippen molar-refractivity contribution < 1.29 is 14.3 Å². The zero-order valence-corrected chi connectivity index (χ0v) is 11.7. The first-order valence-electron chi connectivity index (χ1n) is 7.13. The van der Waals surface area contributed by atoms with E-state index in [0.29, 0.717) is 18.7 Å². The van der Waals surface area contributed by atoms with Crippen LogP contribution in [0.4, 0.5) is 10.1 Å². The average molecular weight is 280 g/mol. The summed E-state index contributed by atoms with van der Waals surface area (Å²) in [6.07, 6.45) is 2.53. The van der Waals surface area contributed by atoms with Gasteiger partial charge in [0, 0.05) is 13.1 Å². The van der Waals surface area contributed by atoms with Gasteiger partial charge in [0.1, 0.15) is 5.82 Å². The fraction of sp³-hybridized carbons (Fsp3) is 0.533. The van der Waals surface area contributed by atoms with E-state index in [9.17, 15) is 14.3 Å². The molecule has 1 heterocycles. The van der Waals surface area contributed by atoms with Gasteiger partial charge in [0.15, 0.2) is 0 Å². The third-order valence-corrected chi connectivity index (χ3v) is 3.64. The van der Waals surface area contributed by atoms with Crippen molar-refractivity contribution in [1.29, 1.82) is 0 Å². The first-order valence-corrected chi connectivity index (χ1v) is 7.13. The molecule has 5 heteroatoms. The van der Waals surface area contributed by atoms with Gasteiger partial charge in [-0.2, -0.15) is 0 Å². The van der Waals surface area contributed by atoms with Crippen LogP contribution in [0.25, 0.3) is 0 Å². The number of carbonyl (C=O) groups excluding carboxylic acids is 1. The second-order valence-electron chi connectivity index (χ2n) is 5.07. The van der Waals surface area contributed by atoms with Crippen molar-refractivity contribution in [3.8, 4) is 0 Å². The van der Waals surface area contributed by atoms with E-state index in [-0.39, 0.29) is 24.2 Å². The van der Waals surface area contributed by atoms with E-state index in [1.165, 1.54) is 6.07 Å². The molecular formula is C15H21FN2O2. The summed E-state index contributed by atoms with van der Waals surface area (Å²) in [4.78, 5) is 14.2. The predicted molar refractivity (Wildman–Crippen MR) is 76.3 cm³/mol. The third-order valence-electron chi connectivity index (χ3n) is 3.64. The van der Waals surface area contributed by atoms with Gasteiger partial charge in [0.25, 0.3) is 5.91 Å². The summed E-state index contributed by atoms with van der Waals surface area (Å²) in [5, 5.41) is 12.3. The molecule has 1 amide bonds. The minimum atomic E-state index is -0.413. The number of hydrogen-bond acceptors (Lipinski definition) is 3. The van der Waals surface area contributed by atoms with E-state index < -0.39 is 5.82 Å². The summed E-state index contributed by atoms with van der Waals surface area (Å²) in [7, 11) is 0. The second-order valence-corrected chi connectivity index (χ2v) is 5.07. The number of para-hydroxylation sites is 1. The van der Waals surface area contributed by atoms with Crippen molar-refractivity contribution in [3.63, 3.8) is 0 Å². The molecular weight excluding hydrogens is 259 g/mol. The van der Waals surface area contributed by atoms with Crippen LogP contribution < -0.4 is 5.32 Å². The Bertz CT molecular complexity index is 479. The molecule has 1 saturated heterocycles. The van der Waals surface area contributed by atoms with Crippen LogP contribution in [0.2, 0.25) is 0 Å². The molecule has 1 unspecified atom stereocenters. The van der Waals surface area contributed by atoms with Crippen molar-refractivity contribution in [3.05, 3.63) is 29.6 Å². The lowest BCUT2D eigenvalue weighted by Gasteiger charge is -2.24. The standard InChI is InChI=1S/C15H21FN2O2/c1-2-8-17-14-12(6-3-7-13(14)16)15(20)18-9-4-5-11(18)10-19/h3,6-7,11,17,19H,2,4-5,8-10H2,1H3. The molecule has 0 radical (unpaired) electrons. The number of rotatable bonds is 5. The predicted octanol–water partition coefficient (Wildman–Crippen LogP) is 2.24. The average Bonchev–Trinajstić information content (AvgIpc) is 2.93. The Morgan fingerprint density at radius 3 is 3.05 bits per heavy atom.